The Balaban J connectivity index is 1.64. The van der Waals surface area contributed by atoms with E-state index in [1.165, 1.54) is 5.56 Å². The van der Waals surface area contributed by atoms with Crippen molar-refractivity contribution in [2.24, 2.45) is 0 Å². The molecule has 23 heavy (non-hydrogen) atoms. The predicted molar refractivity (Wildman–Crippen MR) is 89.9 cm³/mol. The van der Waals surface area contributed by atoms with Gasteiger partial charge >= 0.3 is 6.03 Å². The number of rotatable bonds is 7. The van der Waals surface area contributed by atoms with Crippen molar-refractivity contribution in [3.8, 4) is 11.5 Å². The first-order chi connectivity index (χ1) is 11.2. The maximum Gasteiger partial charge on any atom is 0.315 e. The summed E-state index contributed by atoms with van der Waals surface area (Å²) in [5, 5.41) is 5.55. The Morgan fingerprint density at radius 2 is 1.83 bits per heavy atom. The topological polar surface area (TPSA) is 59.6 Å². The lowest BCUT2D eigenvalue weighted by molar-refractivity contribution is 0.236. The molecule has 0 aliphatic rings. The number of carbonyl (C=O) groups is 1. The Bertz CT molecular complexity index is 626. The maximum absolute atomic E-state index is 11.7. The van der Waals surface area contributed by atoms with Gasteiger partial charge in [0.1, 0.15) is 18.1 Å². The zero-order chi connectivity index (χ0) is 16.5. The van der Waals surface area contributed by atoms with Gasteiger partial charge in [-0.25, -0.2) is 4.79 Å². The third-order valence-electron chi connectivity index (χ3n) is 3.26. The lowest BCUT2D eigenvalue weighted by Gasteiger charge is -2.10. The van der Waals surface area contributed by atoms with Gasteiger partial charge in [-0.05, 0) is 36.8 Å². The van der Waals surface area contributed by atoms with Crippen molar-refractivity contribution in [2.75, 3.05) is 20.3 Å². The summed E-state index contributed by atoms with van der Waals surface area (Å²) in [5.74, 6) is 1.57. The van der Waals surface area contributed by atoms with E-state index in [0.717, 1.165) is 17.1 Å². The van der Waals surface area contributed by atoms with Gasteiger partial charge in [0.25, 0.3) is 0 Å². The summed E-state index contributed by atoms with van der Waals surface area (Å²) >= 11 is 0. The summed E-state index contributed by atoms with van der Waals surface area (Å²) < 4.78 is 10.7. The van der Waals surface area contributed by atoms with Crippen LogP contribution in [0.4, 0.5) is 4.79 Å². The van der Waals surface area contributed by atoms with Crippen LogP contribution in [-0.4, -0.2) is 26.3 Å². The second-order valence-electron chi connectivity index (χ2n) is 5.12. The Hall–Kier alpha value is -2.69. The molecule has 0 radical (unpaired) electrons. The van der Waals surface area contributed by atoms with E-state index in [9.17, 15) is 4.79 Å². The van der Waals surface area contributed by atoms with Crippen molar-refractivity contribution in [2.45, 2.75) is 13.5 Å². The fourth-order valence-electron chi connectivity index (χ4n) is 2.00. The summed E-state index contributed by atoms with van der Waals surface area (Å²) in [6, 6.07) is 15.2. The van der Waals surface area contributed by atoms with Crippen molar-refractivity contribution in [3.05, 3.63) is 59.7 Å². The van der Waals surface area contributed by atoms with Crippen LogP contribution in [0, 0.1) is 6.92 Å². The highest BCUT2D eigenvalue weighted by Crippen LogP contribution is 2.12. The minimum Gasteiger partial charge on any atom is -0.497 e. The van der Waals surface area contributed by atoms with E-state index >= 15 is 0 Å². The SMILES string of the molecule is COc1cccc(CNC(=O)NCCOc2ccc(C)cc2)c1. The summed E-state index contributed by atoms with van der Waals surface area (Å²) in [6.45, 7) is 3.34. The Morgan fingerprint density at radius 3 is 2.57 bits per heavy atom. The summed E-state index contributed by atoms with van der Waals surface area (Å²) in [4.78, 5) is 11.7. The molecule has 0 bridgehead atoms. The first kappa shape index (κ1) is 16.7. The predicted octanol–water partition coefficient (Wildman–Crippen LogP) is 2.88. The zero-order valence-electron chi connectivity index (χ0n) is 13.5. The van der Waals surface area contributed by atoms with Crippen LogP contribution in [0.3, 0.4) is 0 Å². The number of benzene rings is 2. The molecule has 122 valence electrons. The van der Waals surface area contributed by atoms with E-state index in [0.29, 0.717) is 19.7 Å². The maximum atomic E-state index is 11.7. The number of urea groups is 1. The highest BCUT2D eigenvalue weighted by Gasteiger charge is 2.01. The fraction of sp³-hybridized carbons (Fsp3) is 0.278. The third kappa shape index (κ3) is 5.90. The molecule has 2 aromatic rings. The third-order valence-corrected chi connectivity index (χ3v) is 3.26. The van der Waals surface area contributed by atoms with Gasteiger partial charge in [-0.2, -0.15) is 0 Å². The van der Waals surface area contributed by atoms with E-state index in [4.69, 9.17) is 9.47 Å². The Labute approximate surface area is 136 Å². The van der Waals surface area contributed by atoms with E-state index < -0.39 is 0 Å². The molecule has 0 aliphatic heterocycles. The number of aryl methyl sites for hydroxylation is 1. The minimum atomic E-state index is -0.222. The molecule has 0 aromatic heterocycles. The van der Waals surface area contributed by atoms with E-state index in [2.05, 4.69) is 10.6 Å². The number of nitrogens with one attached hydrogen (secondary N) is 2. The van der Waals surface area contributed by atoms with Crippen LogP contribution in [0.2, 0.25) is 0 Å². The van der Waals surface area contributed by atoms with Crippen molar-refractivity contribution in [1.29, 1.82) is 0 Å². The van der Waals surface area contributed by atoms with Gasteiger partial charge in [0.2, 0.25) is 0 Å². The minimum absolute atomic E-state index is 0.222. The second kappa shape index (κ2) is 8.68. The second-order valence-corrected chi connectivity index (χ2v) is 5.12. The number of carbonyl (C=O) groups excluding carboxylic acids is 1. The summed E-state index contributed by atoms with van der Waals surface area (Å²) in [6.07, 6.45) is 0. The summed E-state index contributed by atoms with van der Waals surface area (Å²) in [7, 11) is 1.62. The Kier molecular flexibility index (Phi) is 6.29. The van der Waals surface area contributed by atoms with E-state index in [-0.39, 0.29) is 6.03 Å². The van der Waals surface area contributed by atoms with Crippen LogP contribution < -0.4 is 20.1 Å². The smallest absolute Gasteiger partial charge is 0.315 e. The van der Waals surface area contributed by atoms with Crippen LogP contribution in [0.15, 0.2) is 48.5 Å². The van der Waals surface area contributed by atoms with Gasteiger partial charge in [-0.15, -0.1) is 0 Å². The molecule has 2 aromatic carbocycles. The molecule has 0 atom stereocenters. The molecular weight excluding hydrogens is 292 g/mol. The molecule has 0 saturated carbocycles. The van der Waals surface area contributed by atoms with Crippen LogP contribution in [0.25, 0.3) is 0 Å². The van der Waals surface area contributed by atoms with Gasteiger partial charge < -0.3 is 20.1 Å². The van der Waals surface area contributed by atoms with Crippen LogP contribution in [0.1, 0.15) is 11.1 Å². The molecule has 2 rings (SSSR count). The molecule has 0 fully saturated rings. The average molecular weight is 314 g/mol. The van der Waals surface area contributed by atoms with Crippen LogP contribution in [0.5, 0.6) is 11.5 Å². The standard InChI is InChI=1S/C18H22N2O3/c1-14-6-8-16(9-7-14)23-11-10-19-18(21)20-13-15-4-3-5-17(12-15)22-2/h3-9,12H,10-11,13H2,1-2H3,(H2,19,20,21). The van der Waals surface area contributed by atoms with Crippen molar-refractivity contribution < 1.29 is 14.3 Å². The number of amides is 2. The molecule has 2 N–H and O–H groups in total. The number of methoxy groups -OCH3 is 1. The summed E-state index contributed by atoms with van der Waals surface area (Å²) in [5.41, 5.74) is 2.17. The number of ether oxygens (including phenoxy) is 2. The van der Waals surface area contributed by atoms with E-state index in [1.807, 2.05) is 55.5 Å². The van der Waals surface area contributed by atoms with Crippen LogP contribution >= 0.6 is 0 Å². The number of hydrogen-bond acceptors (Lipinski definition) is 3. The van der Waals surface area contributed by atoms with E-state index in [1.54, 1.807) is 7.11 Å². The van der Waals surface area contributed by atoms with Gasteiger partial charge in [0.05, 0.1) is 13.7 Å². The molecule has 5 nitrogen and oxygen atoms in total. The molecule has 0 heterocycles. The largest absolute Gasteiger partial charge is 0.497 e. The van der Waals surface area contributed by atoms with Crippen LogP contribution in [-0.2, 0) is 6.54 Å². The monoisotopic (exact) mass is 314 g/mol. The normalized spacial score (nSPS) is 10.0. The molecule has 0 saturated heterocycles. The molecule has 5 heteroatoms. The molecule has 2 amide bonds. The number of hydrogen-bond donors (Lipinski definition) is 2. The highest BCUT2D eigenvalue weighted by molar-refractivity contribution is 5.73. The van der Waals surface area contributed by atoms with Gasteiger partial charge in [0.15, 0.2) is 0 Å². The molecular formula is C18H22N2O3. The van der Waals surface area contributed by atoms with Gasteiger partial charge in [0, 0.05) is 6.54 Å². The quantitative estimate of drug-likeness (QED) is 0.773. The Morgan fingerprint density at radius 1 is 1.04 bits per heavy atom. The first-order valence-electron chi connectivity index (χ1n) is 7.51. The fourth-order valence-corrected chi connectivity index (χ4v) is 2.00. The molecule has 0 aliphatic carbocycles. The van der Waals surface area contributed by atoms with Crippen molar-refractivity contribution in [3.63, 3.8) is 0 Å². The van der Waals surface area contributed by atoms with Crippen molar-refractivity contribution >= 4 is 6.03 Å². The lowest BCUT2D eigenvalue weighted by atomic mass is 10.2. The van der Waals surface area contributed by atoms with Gasteiger partial charge in [-0.1, -0.05) is 29.8 Å². The van der Waals surface area contributed by atoms with Gasteiger partial charge in [-0.3, -0.25) is 0 Å². The average Bonchev–Trinajstić information content (AvgIpc) is 2.58. The lowest BCUT2D eigenvalue weighted by Crippen LogP contribution is -2.37. The zero-order valence-corrected chi connectivity index (χ0v) is 13.5. The van der Waals surface area contributed by atoms with Crippen molar-refractivity contribution in [1.82, 2.24) is 10.6 Å². The first-order valence-corrected chi connectivity index (χ1v) is 7.51. The molecule has 0 unspecified atom stereocenters. The molecule has 0 spiro atoms. The highest BCUT2D eigenvalue weighted by atomic mass is 16.5.